The molecule has 0 aromatic heterocycles. The van der Waals surface area contributed by atoms with Gasteiger partial charge in [0, 0.05) is 18.0 Å². The normalized spacial score (nSPS) is 13.1. The number of benzene rings is 2. The summed E-state index contributed by atoms with van der Waals surface area (Å²) in [6, 6.07) is 14.5. The molecule has 2 atom stereocenters. The van der Waals surface area contributed by atoms with Crippen LogP contribution < -0.4 is 10.6 Å². The van der Waals surface area contributed by atoms with Gasteiger partial charge in [0.1, 0.15) is 5.82 Å². The first-order valence-corrected chi connectivity index (χ1v) is 8.77. The summed E-state index contributed by atoms with van der Waals surface area (Å²) in [4.78, 5) is 24.5. The third-order valence-electron chi connectivity index (χ3n) is 4.12. The summed E-state index contributed by atoms with van der Waals surface area (Å²) in [6.07, 6.45) is 0.170. The standard InChI is InChI=1S/C21H25FN2O2/c1-14(2)20(16-9-11-18(22)12-10-16)24-19(25)13-15(3)23-21(26)17-7-5-4-6-8-17/h4-12,14-15,20H,13H2,1-3H3,(H,23,26)(H,24,25). The molecule has 2 amide bonds. The summed E-state index contributed by atoms with van der Waals surface area (Å²) in [5.74, 6) is -0.516. The fraction of sp³-hybridized carbons (Fsp3) is 0.333. The van der Waals surface area contributed by atoms with Crippen molar-refractivity contribution in [2.45, 2.75) is 39.3 Å². The quantitative estimate of drug-likeness (QED) is 0.792. The molecule has 0 saturated carbocycles. The molecule has 2 unspecified atom stereocenters. The Labute approximate surface area is 153 Å². The third-order valence-corrected chi connectivity index (χ3v) is 4.12. The Morgan fingerprint density at radius 3 is 2.12 bits per heavy atom. The number of carbonyl (C=O) groups is 2. The number of halogens is 1. The maximum absolute atomic E-state index is 13.1. The first-order valence-electron chi connectivity index (χ1n) is 8.77. The predicted octanol–water partition coefficient (Wildman–Crippen LogP) is 3.85. The molecule has 2 N–H and O–H groups in total. The van der Waals surface area contributed by atoms with E-state index < -0.39 is 0 Å². The Balaban J connectivity index is 1.93. The van der Waals surface area contributed by atoms with Crippen LogP contribution in [0.3, 0.4) is 0 Å². The van der Waals surface area contributed by atoms with Crippen LogP contribution >= 0.6 is 0 Å². The molecule has 0 saturated heterocycles. The Morgan fingerprint density at radius 1 is 0.923 bits per heavy atom. The van der Waals surface area contributed by atoms with Crippen LogP contribution in [0.15, 0.2) is 54.6 Å². The van der Waals surface area contributed by atoms with Gasteiger partial charge in [-0.15, -0.1) is 0 Å². The largest absolute Gasteiger partial charge is 0.349 e. The van der Waals surface area contributed by atoms with E-state index in [1.165, 1.54) is 12.1 Å². The highest BCUT2D eigenvalue weighted by atomic mass is 19.1. The molecule has 5 heteroatoms. The molecule has 2 aromatic rings. The van der Waals surface area contributed by atoms with Crippen LogP contribution in [0.5, 0.6) is 0 Å². The molecule has 26 heavy (non-hydrogen) atoms. The Morgan fingerprint density at radius 2 is 1.54 bits per heavy atom. The van der Waals surface area contributed by atoms with Crippen LogP contribution in [0.2, 0.25) is 0 Å². The second-order valence-corrected chi connectivity index (χ2v) is 6.79. The molecule has 2 rings (SSSR count). The summed E-state index contributed by atoms with van der Waals surface area (Å²) >= 11 is 0. The molecule has 0 aliphatic rings. The van der Waals surface area contributed by atoms with E-state index in [2.05, 4.69) is 10.6 Å². The minimum Gasteiger partial charge on any atom is -0.349 e. The van der Waals surface area contributed by atoms with Gasteiger partial charge in [-0.1, -0.05) is 44.2 Å². The molecule has 0 fully saturated rings. The number of nitrogens with one attached hydrogen (secondary N) is 2. The van der Waals surface area contributed by atoms with Gasteiger partial charge in [-0.05, 0) is 42.7 Å². The van der Waals surface area contributed by atoms with Crippen molar-refractivity contribution in [1.29, 1.82) is 0 Å². The fourth-order valence-electron chi connectivity index (χ4n) is 2.76. The molecule has 0 radical (unpaired) electrons. The van der Waals surface area contributed by atoms with E-state index in [0.717, 1.165) is 5.56 Å². The van der Waals surface area contributed by atoms with Gasteiger partial charge in [-0.3, -0.25) is 9.59 Å². The van der Waals surface area contributed by atoms with Crippen molar-refractivity contribution in [3.8, 4) is 0 Å². The molecule has 4 nitrogen and oxygen atoms in total. The summed E-state index contributed by atoms with van der Waals surface area (Å²) in [5.41, 5.74) is 1.42. The van der Waals surface area contributed by atoms with Crippen molar-refractivity contribution in [3.63, 3.8) is 0 Å². The minimum absolute atomic E-state index is 0.152. The number of rotatable bonds is 7. The lowest BCUT2D eigenvalue weighted by atomic mass is 9.95. The summed E-state index contributed by atoms with van der Waals surface area (Å²) in [5, 5.41) is 5.81. The van der Waals surface area contributed by atoms with E-state index >= 15 is 0 Å². The second kappa shape index (κ2) is 9.13. The topological polar surface area (TPSA) is 58.2 Å². The molecule has 0 spiro atoms. The fourth-order valence-corrected chi connectivity index (χ4v) is 2.76. The van der Waals surface area contributed by atoms with Crippen molar-refractivity contribution < 1.29 is 14.0 Å². The van der Waals surface area contributed by atoms with Gasteiger partial charge in [0.15, 0.2) is 0 Å². The minimum atomic E-state index is -0.306. The molecular weight excluding hydrogens is 331 g/mol. The molecule has 0 heterocycles. The van der Waals surface area contributed by atoms with Gasteiger partial charge in [0.05, 0.1) is 6.04 Å². The van der Waals surface area contributed by atoms with Crippen molar-refractivity contribution >= 4 is 11.8 Å². The first kappa shape index (κ1) is 19.6. The Hall–Kier alpha value is -2.69. The lowest BCUT2D eigenvalue weighted by molar-refractivity contribution is -0.122. The zero-order chi connectivity index (χ0) is 19.1. The van der Waals surface area contributed by atoms with E-state index in [1.54, 1.807) is 43.3 Å². The zero-order valence-corrected chi connectivity index (χ0v) is 15.3. The van der Waals surface area contributed by atoms with E-state index in [0.29, 0.717) is 5.56 Å². The monoisotopic (exact) mass is 356 g/mol. The van der Waals surface area contributed by atoms with Crippen LogP contribution in [0.4, 0.5) is 4.39 Å². The SMILES string of the molecule is CC(CC(=O)NC(c1ccc(F)cc1)C(C)C)NC(=O)c1ccccc1. The summed E-state index contributed by atoms with van der Waals surface area (Å²) in [7, 11) is 0. The average Bonchev–Trinajstić information content (AvgIpc) is 2.61. The lowest BCUT2D eigenvalue weighted by Crippen LogP contribution is -2.39. The highest BCUT2D eigenvalue weighted by Gasteiger charge is 2.20. The zero-order valence-electron chi connectivity index (χ0n) is 15.3. The van der Waals surface area contributed by atoms with Gasteiger partial charge >= 0.3 is 0 Å². The van der Waals surface area contributed by atoms with Gasteiger partial charge in [0.25, 0.3) is 5.91 Å². The lowest BCUT2D eigenvalue weighted by Gasteiger charge is -2.24. The van der Waals surface area contributed by atoms with Crippen molar-refractivity contribution in [2.24, 2.45) is 5.92 Å². The van der Waals surface area contributed by atoms with Crippen LogP contribution in [-0.2, 0) is 4.79 Å². The number of hydrogen-bond acceptors (Lipinski definition) is 2. The van der Waals surface area contributed by atoms with Crippen molar-refractivity contribution in [3.05, 3.63) is 71.5 Å². The van der Waals surface area contributed by atoms with E-state index in [1.807, 2.05) is 19.9 Å². The summed E-state index contributed by atoms with van der Waals surface area (Å²) in [6.45, 7) is 5.78. The average molecular weight is 356 g/mol. The predicted molar refractivity (Wildman–Crippen MR) is 100 cm³/mol. The van der Waals surface area contributed by atoms with Gasteiger partial charge in [-0.2, -0.15) is 0 Å². The molecule has 0 aliphatic heterocycles. The highest BCUT2D eigenvalue weighted by Crippen LogP contribution is 2.22. The number of amides is 2. The Bertz CT molecular complexity index is 729. The van der Waals surface area contributed by atoms with Crippen molar-refractivity contribution in [2.75, 3.05) is 0 Å². The van der Waals surface area contributed by atoms with Crippen molar-refractivity contribution in [1.82, 2.24) is 10.6 Å². The van der Waals surface area contributed by atoms with Crippen LogP contribution in [0.1, 0.15) is 49.2 Å². The van der Waals surface area contributed by atoms with E-state index in [9.17, 15) is 14.0 Å². The maximum Gasteiger partial charge on any atom is 0.251 e. The van der Waals surface area contributed by atoms with E-state index in [-0.39, 0.29) is 42.1 Å². The van der Waals surface area contributed by atoms with Gasteiger partial charge in [-0.25, -0.2) is 4.39 Å². The number of hydrogen-bond donors (Lipinski definition) is 2. The highest BCUT2D eigenvalue weighted by molar-refractivity contribution is 5.94. The molecule has 138 valence electrons. The molecular formula is C21H25FN2O2. The Kier molecular flexibility index (Phi) is 6.89. The first-order chi connectivity index (χ1) is 12.4. The van der Waals surface area contributed by atoms with E-state index in [4.69, 9.17) is 0 Å². The van der Waals surface area contributed by atoms with Crippen LogP contribution in [0.25, 0.3) is 0 Å². The third kappa shape index (κ3) is 5.69. The second-order valence-electron chi connectivity index (χ2n) is 6.79. The van der Waals surface area contributed by atoms with Gasteiger partial charge in [0.2, 0.25) is 5.91 Å². The van der Waals surface area contributed by atoms with Crippen LogP contribution in [-0.4, -0.2) is 17.9 Å². The van der Waals surface area contributed by atoms with Crippen LogP contribution in [0, 0.1) is 11.7 Å². The smallest absolute Gasteiger partial charge is 0.251 e. The summed E-state index contributed by atoms with van der Waals surface area (Å²) < 4.78 is 13.1. The molecule has 0 aliphatic carbocycles. The number of carbonyl (C=O) groups excluding carboxylic acids is 2. The molecule has 2 aromatic carbocycles. The molecule has 0 bridgehead atoms. The maximum atomic E-state index is 13.1. The van der Waals surface area contributed by atoms with Gasteiger partial charge < -0.3 is 10.6 Å².